The highest BCUT2D eigenvalue weighted by Gasteiger charge is 2.23. The Kier molecular flexibility index (Phi) is 5.95. The first kappa shape index (κ1) is 14.8. The summed E-state index contributed by atoms with van der Waals surface area (Å²) in [5.74, 6) is 1.25. The molecule has 0 aliphatic rings. The van der Waals surface area contributed by atoms with Gasteiger partial charge in [0.2, 0.25) is 0 Å². The van der Waals surface area contributed by atoms with Crippen molar-refractivity contribution in [1.29, 1.82) is 0 Å². The normalized spacial score (nSPS) is 14.1. The van der Waals surface area contributed by atoms with E-state index in [9.17, 15) is 5.11 Å². The van der Waals surface area contributed by atoms with Gasteiger partial charge in [-0.1, -0.05) is 25.5 Å². The Morgan fingerprint density at radius 2 is 2.00 bits per heavy atom. The average Bonchev–Trinajstić information content (AvgIpc) is 2.42. The molecule has 2 unspecified atom stereocenters. The molecule has 0 aromatic heterocycles. The summed E-state index contributed by atoms with van der Waals surface area (Å²) in [7, 11) is 3.16. The summed E-state index contributed by atoms with van der Waals surface area (Å²) in [6, 6.07) is 5.51. The van der Waals surface area contributed by atoms with E-state index in [1.807, 2.05) is 18.2 Å². The zero-order chi connectivity index (χ0) is 13.5. The number of methoxy groups -OCH3 is 2. The topological polar surface area (TPSA) is 64.7 Å². The third kappa shape index (κ3) is 3.15. The van der Waals surface area contributed by atoms with Crippen LogP contribution in [0.2, 0.25) is 0 Å². The van der Waals surface area contributed by atoms with Crippen molar-refractivity contribution in [3.8, 4) is 11.5 Å². The molecule has 1 aromatic rings. The van der Waals surface area contributed by atoms with Crippen molar-refractivity contribution in [2.45, 2.75) is 25.9 Å². The van der Waals surface area contributed by atoms with Gasteiger partial charge >= 0.3 is 0 Å². The van der Waals surface area contributed by atoms with Crippen LogP contribution in [0.3, 0.4) is 0 Å². The van der Waals surface area contributed by atoms with E-state index in [4.69, 9.17) is 15.2 Å². The highest BCUT2D eigenvalue weighted by molar-refractivity contribution is 5.47. The van der Waals surface area contributed by atoms with E-state index < -0.39 is 6.10 Å². The molecule has 0 aliphatic heterocycles. The Morgan fingerprint density at radius 3 is 2.50 bits per heavy atom. The molecule has 1 aromatic carbocycles. The summed E-state index contributed by atoms with van der Waals surface area (Å²) >= 11 is 0. The van der Waals surface area contributed by atoms with Gasteiger partial charge in [-0.3, -0.25) is 0 Å². The number of aliphatic hydroxyl groups is 1. The summed E-state index contributed by atoms with van der Waals surface area (Å²) < 4.78 is 10.6. The lowest BCUT2D eigenvalue weighted by Crippen LogP contribution is -2.22. The first-order chi connectivity index (χ1) is 8.69. The maximum atomic E-state index is 10.4. The van der Waals surface area contributed by atoms with Crippen LogP contribution < -0.4 is 15.2 Å². The molecule has 2 atom stereocenters. The number of aliphatic hydroxyl groups excluding tert-OH is 1. The fourth-order valence-electron chi connectivity index (χ4n) is 2.17. The predicted molar refractivity (Wildman–Crippen MR) is 72.0 cm³/mol. The van der Waals surface area contributed by atoms with Gasteiger partial charge in [0, 0.05) is 11.5 Å². The number of hydrogen-bond donors (Lipinski definition) is 2. The minimum atomic E-state index is -0.625. The molecular weight excluding hydrogens is 230 g/mol. The van der Waals surface area contributed by atoms with E-state index >= 15 is 0 Å². The van der Waals surface area contributed by atoms with Gasteiger partial charge in [0.15, 0.2) is 11.5 Å². The molecule has 0 heterocycles. The highest BCUT2D eigenvalue weighted by Crippen LogP contribution is 2.37. The summed E-state index contributed by atoms with van der Waals surface area (Å²) in [5, 5.41) is 10.4. The molecule has 0 saturated heterocycles. The molecule has 102 valence electrons. The van der Waals surface area contributed by atoms with E-state index in [1.54, 1.807) is 14.2 Å². The summed E-state index contributed by atoms with van der Waals surface area (Å²) in [5.41, 5.74) is 6.46. The fourth-order valence-corrected chi connectivity index (χ4v) is 2.17. The highest BCUT2D eigenvalue weighted by atomic mass is 16.5. The molecule has 18 heavy (non-hydrogen) atoms. The minimum absolute atomic E-state index is 0.0380. The number of hydrogen-bond acceptors (Lipinski definition) is 4. The second-order valence-corrected chi connectivity index (χ2v) is 4.31. The van der Waals surface area contributed by atoms with E-state index in [0.717, 1.165) is 18.4 Å². The van der Waals surface area contributed by atoms with E-state index in [0.29, 0.717) is 18.0 Å². The quantitative estimate of drug-likeness (QED) is 0.781. The monoisotopic (exact) mass is 253 g/mol. The fraction of sp³-hybridized carbons (Fsp3) is 0.571. The zero-order valence-corrected chi connectivity index (χ0v) is 11.3. The van der Waals surface area contributed by atoms with Gasteiger partial charge in [0.05, 0.1) is 20.3 Å². The Balaban J connectivity index is 3.07. The van der Waals surface area contributed by atoms with Crippen LogP contribution in [-0.2, 0) is 0 Å². The molecule has 4 nitrogen and oxygen atoms in total. The SMILES string of the molecule is CCCC(CN)C(O)c1cccc(OC)c1OC. The molecule has 0 amide bonds. The van der Waals surface area contributed by atoms with Crippen molar-refractivity contribution in [3.63, 3.8) is 0 Å². The third-order valence-electron chi connectivity index (χ3n) is 3.16. The van der Waals surface area contributed by atoms with E-state index in [1.165, 1.54) is 0 Å². The van der Waals surface area contributed by atoms with Crippen LogP contribution in [0.15, 0.2) is 18.2 Å². The lowest BCUT2D eigenvalue weighted by molar-refractivity contribution is 0.103. The number of ether oxygens (including phenoxy) is 2. The molecule has 0 fully saturated rings. The van der Waals surface area contributed by atoms with Crippen LogP contribution in [0.5, 0.6) is 11.5 Å². The van der Waals surface area contributed by atoms with Crippen molar-refractivity contribution >= 4 is 0 Å². The summed E-state index contributed by atoms with van der Waals surface area (Å²) in [4.78, 5) is 0. The van der Waals surface area contributed by atoms with Crippen LogP contribution in [0.1, 0.15) is 31.4 Å². The van der Waals surface area contributed by atoms with Crippen molar-refractivity contribution in [2.75, 3.05) is 20.8 Å². The number of benzene rings is 1. The van der Waals surface area contributed by atoms with Gasteiger partial charge in [-0.2, -0.15) is 0 Å². The summed E-state index contributed by atoms with van der Waals surface area (Å²) in [6.07, 6.45) is 1.25. The molecule has 0 aliphatic carbocycles. The van der Waals surface area contributed by atoms with E-state index in [-0.39, 0.29) is 5.92 Å². The van der Waals surface area contributed by atoms with Gasteiger partial charge in [0.25, 0.3) is 0 Å². The Bertz CT molecular complexity index is 368. The average molecular weight is 253 g/mol. The van der Waals surface area contributed by atoms with Crippen molar-refractivity contribution in [3.05, 3.63) is 23.8 Å². The Hall–Kier alpha value is -1.26. The standard InChI is InChI=1S/C14H23NO3/c1-4-6-10(9-15)13(16)11-7-5-8-12(17-2)14(11)18-3/h5,7-8,10,13,16H,4,6,9,15H2,1-3H3. The molecule has 0 radical (unpaired) electrons. The lowest BCUT2D eigenvalue weighted by atomic mass is 9.91. The molecule has 4 heteroatoms. The van der Waals surface area contributed by atoms with Gasteiger partial charge in [-0.05, 0) is 19.0 Å². The number of para-hydroxylation sites is 1. The first-order valence-electron chi connectivity index (χ1n) is 6.28. The van der Waals surface area contributed by atoms with Gasteiger partial charge in [0.1, 0.15) is 0 Å². The first-order valence-corrected chi connectivity index (χ1v) is 6.28. The maximum Gasteiger partial charge on any atom is 0.166 e. The van der Waals surface area contributed by atoms with Gasteiger partial charge in [-0.25, -0.2) is 0 Å². The largest absolute Gasteiger partial charge is 0.493 e. The van der Waals surface area contributed by atoms with E-state index in [2.05, 4.69) is 6.92 Å². The lowest BCUT2D eigenvalue weighted by Gasteiger charge is -2.23. The van der Waals surface area contributed by atoms with Crippen LogP contribution >= 0.6 is 0 Å². The van der Waals surface area contributed by atoms with Gasteiger partial charge < -0.3 is 20.3 Å². The minimum Gasteiger partial charge on any atom is -0.493 e. The molecule has 3 N–H and O–H groups in total. The number of nitrogens with two attached hydrogens (primary N) is 1. The van der Waals surface area contributed by atoms with Crippen LogP contribution in [-0.4, -0.2) is 25.9 Å². The molecule has 0 bridgehead atoms. The van der Waals surface area contributed by atoms with Crippen molar-refractivity contribution in [2.24, 2.45) is 11.7 Å². The maximum absolute atomic E-state index is 10.4. The second kappa shape index (κ2) is 7.24. The van der Waals surface area contributed by atoms with Crippen LogP contribution in [0, 0.1) is 5.92 Å². The third-order valence-corrected chi connectivity index (χ3v) is 3.16. The smallest absolute Gasteiger partial charge is 0.166 e. The molecule has 0 saturated carbocycles. The van der Waals surface area contributed by atoms with Crippen molar-refractivity contribution < 1.29 is 14.6 Å². The Labute approximate surface area is 109 Å². The van der Waals surface area contributed by atoms with Crippen LogP contribution in [0.25, 0.3) is 0 Å². The summed E-state index contributed by atoms with van der Waals surface area (Å²) in [6.45, 7) is 2.54. The Morgan fingerprint density at radius 1 is 1.28 bits per heavy atom. The zero-order valence-electron chi connectivity index (χ0n) is 11.3. The molecule has 1 rings (SSSR count). The predicted octanol–water partition coefficient (Wildman–Crippen LogP) is 2.11. The molecular formula is C14H23NO3. The van der Waals surface area contributed by atoms with Gasteiger partial charge in [-0.15, -0.1) is 0 Å². The second-order valence-electron chi connectivity index (χ2n) is 4.31. The van der Waals surface area contributed by atoms with Crippen molar-refractivity contribution in [1.82, 2.24) is 0 Å². The molecule has 0 spiro atoms. The van der Waals surface area contributed by atoms with Crippen LogP contribution in [0.4, 0.5) is 0 Å². The number of rotatable bonds is 7.